The number of rotatable bonds is 3. The minimum absolute atomic E-state index is 0.0370. The van der Waals surface area contributed by atoms with Crippen LogP contribution in [0.25, 0.3) is 0 Å². The Balaban J connectivity index is 2.21. The number of benzene rings is 1. The van der Waals surface area contributed by atoms with E-state index in [4.69, 9.17) is 17.3 Å². The van der Waals surface area contributed by atoms with Gasteiger partial charge in [-0.3, -0.25) is 4.90 Å². The molecule has 2 rings (SSSR count). The van der Waals surface area contributed by atoms with Crippen LogP contribution in [0.4, 0.5) is 4.39 Å². The summed E-state index contributed by atoms with van der Waals surface area (Å²) in [6.07, 6.45) is 2.41. The van der Waals surface area contributed by atoms with Gasteiger partial charge in [-0.1, -0.05) is 24.6 Å². The molecule has 2 nitrogen and oxygen atoms in total. The Hall–Kier alpha value is -0.640. The van der Waals surface area contributed by atoms with Crippen LogP contribution >= 0.6 is 11.6 Å². The highest BCUT2D eigenvalue weighted by atomic mass is 35.5. The molecule has 100 valence electrons. The number of likely N-dealkylation sites (tertiary alicyclic amines) is 1. The number of piperidine rings is 1. The van der Waals surface area contributed by atoms with Gasteiger partial charge in [-0.2, -0.15) is 0 Å². The third kappa shape index (κ3) is 3.02. The molecule has 0 spiro atoms. The van der Waals surface area contributed by atoms with Crippen LogP contribution in [0.2, 0.25) is 5.02 Å². The van der Waals surface area contributed by atoms with Crippen molar-refractivity contribution < 1.29 is 4.39 Å². The Morgan fingerprint density at radius 1 is 1.56 bits per heavy atom. The van der Waals surface area contributed by atoms with E-state index in [2.05, 4.69) is 11.8 Å². The Labute approximate surface area is 113 Å². The molecule has 18 heavy (non-hydrogen) atoms. The predicted molar refractivity (Wildman–Crippen MR) is 73.2 cm³/mol. The molecular formula is C14H20ClFN2. The molecule has 0 saturated carbocycles. The fourth-order valence-corrected chi connectivity index (χ4v) is 2.91. The van der Waals surface area contributed by atoms with Crippen LogP contribution in [0.3, 0.4) is 0 Å². The summed E-state index contributed by atoms with van der Waals surface area (Å²) in [5.41, 5.74) is 6.51. The topological polar surface area (TPSA) is 29.3 Å². The molecular weight excluding hydrogens is 251 g/mol. The van der Waals surface area contributed by atoms with E-state index in [1.54, 1.807) is 12.1 Å². The number of halogens is 2. The second kappa shape index (κ2) is 6.00. The summed E-state index contributed by atoms with van der Waals surface area (Å²) in [5.74, 6) is 0.402. The summed E-state index contributed by atoms with van der Waals surface area (Å²) in [4.78, 5) is 2.29. The van der Waals surface area contributed by atoms with Crippen LogP contribution in [-0.2, 0) is 0 Å². The van der Waals surface area contributed by atoms with Gasteiger partial charge in [-0.15, -0.1) is 0 Å². The van der Waals surface area contributed by atoms with E-state index in [0.29, 0.717) is 23.0 Å². The number of hydrogen-bond acceptors (Lipinski definition) is 2. The lowest BCUT2D eigenvalue weighted by atomic mass is 9.96. The van der Waals surface area contributed by atoms with Crippen molar-refractivity contribution in [3.63, 3.8) is 0 Å². The minimum atomic E-state index is -0.254. The van der Waals surface area contributed by atoms with Crippen LogP contribution in [0.1, 0.15) is 31.4 Å². The molecule has 0 aromatic heterocycles. The van der Waals surface area contributed by atoms with Crippen molar-refractivity contribution >= 4 is 11.6 Å². The molecule has 0 aliphatic carbocycles. The number of hydrogen-bond donors (Lipinski definition) is 1. The van der Waals surface area contributed by atoms with Crippen molar-refractivity contribution in [3.8, 4) is 0 Å². The maximum atomic E-state index is 14.0. The zero-order valence-electron chi connectivity index (χ0n) is 10.7. The van der Waals surface area contributed by atoms with Crippen molar-refractivity contribution in [1.29, 1.82) is 0 Å². The zero-order chi connectivity index (χ0) is 13.1. The zero-order valence-corrected chi connectivity index (χ0v) is 11.5. The highest BCUT2D eigenvalue weighted by Crippen LogP contribution is 2.28. The summed E-state index contributed by atoms with van der Waals surface area (Å²) >= 11 is 5.79. The van der Waals surface area contributed by atoms with Gasteiger partial charge < -0.3 is 5.73 Å². The third-order valence-electron chi connectivity index (χ3n) is 3.67. The summed E-state index contributed by atoms with van der Waals surface area (Å²) in [7, 11) is 0. The molecule has 1 aliphatic rings. The molecule has 1 fully saturated rings. The second-order valence-electron chi connectivity index (χ2n) is 5.16. The summed E-state index contributed by atoms with van der Waals surface area (Å²) in [6.45, 7) is 4.65. The quantitative estimate of drug-likeness (QED) is 0.914. The van der Waals surface area contributed by atoms with Crippen LogP contribution in [0, 0.1) is 11.7 Å². The van der Waals surface area contributed by atoms with Crippen LogP contribution in [-0.4, -0.2) is 24.5 Å². The Kier molecular flexibility index (Phi) is 4.60. The van der Waals surface area contributed by atoms with Crippen LogP contribution in [0.5, 0.6) is 0 Å². The first-order valence-electron chi connectivity index (χ1n) is 6.51. The molecule has 0 bridgehead atoms. The molecule has 4 heteroatoms. The number of nitrogens with two attached hydrogens (primary N) is 1. The lowest BCUT2D eigenvalue weighted by molar-refractivity contribution is 0.131. The van der Waals surface area contributed by atoms with Crippen molar-refractivity contribution in [2.45, 2.75) is 25.8 Å². The molecule has 2 unspecified atom stereocenters. The Morgan fingerprint density at radius 3 is 2.94 bits per heavy atom. The highest BCUT2D eigenvalue weighted by Gasteiger charge is 2.26. The largest absolute Gasteiger partial charge is 0.329 e. The average molecular weight is 271 g/mol. The monoisotopic (exact) mass is 270 g/mol. The fourth-order valence-electron chi connectivity index (χ4n) is 2.75. The predicted octanol–water partition coefficient (Wildman–Crippen LogP) is 3.21. The first-order chi connectivity index (χ1) is 8.61. The Bertz CT molecular complexity index is 411. The van der Waals surface area contributed by atoms with Gasteiger partial charge in [0.2, 0.25) is 0 Å². The van der Waals surface area contributed by atoms with E-state index in [1.165, 1.54) is 12.5 Å². The molecule has 1 aromatic rings. The molecule has 1 aromatic carbocycles. The lowest BCUT2D eigenvalue weighted by Crippen LogP contribution is -2.40. The van der Waals surface area contributed by atoms with Gasteiger partial charge in [0, 0.05) is 29.7 Å². The van der Waals surface area contributed by atoms with Crippen molar-refractivity contribution in [2.75, 3.05) is 19.6 Å². The number of nitrogens with zero attached hydrogens (tertiary/aromatic N) is 1. The molecule has 1 aliphatic heterocycles. The van der Waals surface area contributed by atoms with Crippen LogP contribution < -0.4 is 5.73 Å². The standard InChI is InChI=1S/C14H20ClFN2/c1-10-3-2-6-18(9-10)14(8-17)12-5-4-11(15)7-13(12)16/h4-5,7,10,14H,2-3,6,8-9,17H2,1H3. The summed E-state index contributed by atoms with van der Waals surface area (Å²) in [5, 5.41) is 0.430. The maximum Gasteiger partial charge on any atom is 0.129 e. The Morgan fingerprint density at radius 2 is 2.33 bits per heavy atom. The summed E-state index contributed by atoms with van der Waals surface area (Å²) in [6, 6.07) is 4.82. The third-order valence-corrected chi connectivity index (χ3v) is 3.91. The van der Waals surface area contributed by atoms with Gasteiger partial charge in [0.1, 0.15) is 5.82 Å². The fraction of sp³-hybridized carbons (Fsp3) is 0.571. The van der Waals surface area contributed by atoms with Crippen molar-refractivity contribution in [1.82, 2.24) is 4.90 Å². The van der Waals surface area contributed by atoms with E-state index in [9.17, 15) is 4.39 Å². The summed E-state index contributed by atoms with van der Waals surface area (Å²) < 4.78 is 14.0. The maximum absolute atomic E-state index is 14.0. The molecule has 1 saturated heterocycles. The average Bonchev–Trinajstić information content (AvgIpc) is 2.33. The molecule has 0 amide bonds. The van der Waals surface area contributed by atoms with Gasteiger partial charge in [-0.05, 0) is 37.4 Å². The first kappa shape index (κ1) is 13.8. The second-order valence-corrected chi connectivity index (χ2v) is 5.60. The molecule has 2 atom stereocenters. The van der Waals surface area contributed by atoms with Crippen LogP contribution in [0.15, 0.2) is 18.2 Å². The van der Waals surface area contributed by atoms with E-state index in [1.807, 2.05) is 0 Å². The normalized spacial score (nSPS) is 23.0. The molecule has 1 heterocycles. The highest BCUT2D eigenvalue weighted by molar-refractivity contribution is 6.30. The SMILES string of the molecule is CC1CCCN(C(CN)c2ccc(Cl)cc2F)C1. The van der Waals surface area contributed by atoms with Gasteiger partial charge in [0.15, 0.2) is 0 Å². The van der Waals surface area contributed by atoms with Crippen molar-refractivity contribution in [3.05, 3.63) is 34.6 Å². The smallest absolute Gasteiger partial charge is 0.129 e. The molecule has 2 N–H and O–H groups in total. The van der Waals surface area contributed by atoms with E-state index < -0.39 is 0 Å². The van der Waals surface area contributed by atoms with E-state index in [0.717, 1.165) is 19.5 Å². The van der Waals surface area contributed by atoms with Gasteiger partial charge in [-0.25, -0.2) is 4.39 Å². The molecule has 0 radical (unpaired) electrons. The van der Waals surface area contributed by atoms with Gasteiger partial charge in [0.05, 0.1) is 0 Å². The van der Waals surface area contributed by atoms with Crippen molar-refractivity contribution in [2.24, 2.45) is 11.7 Å². The van der Waals surface area contributed by atoms with Gasteiger partial charge in [0.25, 0.3) is 0 Å². The van der Waals surface area contributed by atoms with Gasteiger partial charge >= 0.3 is 0 Å². The first-order valence-corrected chi connectivity index (χ1v) is 6.88. The van der Waals surface area contributed by atoms with E-state index >= 15 is 0 Å². The minimum Gasteiger partial charge on any atom is -0.329 e. The lowest BCUT2D eigenvalue weighted by Gasteiger charge is -2.37. The van der Waals surface area contributed by atoms with E-state index in [-0.39, 0.29) is 11.9 Å².